The van der Waals surface area contributed by atoms with Gasteiger partial charge < -0.3 is 24.0 Å². The van der Waals surface area contributed by atoms with E-state index in [0.29, 0.717) is 23.7 Å². The van der Waals surface area contributed by atoms with Crippen LogP contribution in [-0.2, 0) is 23.7 Å². The monoisotopic (exact) mass is 567 g/mol. The van der Waals surface area contributed by atoms with E-state index in [0.717, 1.165) is 12.8 Å². The lowest BCUT2D eigenvalue weighted by Gasteiger charge is -2.64. The van der Waals surface area contributed by atoms with Gasteiger partial charge in [0.2, 0.25) is 5.91 Å². The van der Waals surface area contributed by atoms with Crippen LogP contribution in [0.3, 0.4) is 0 Å². The summed E-state index contributed by atoms with van der Waals surface area (Å²) in [7, 11) is -0.764. The largest absolute Gasteiger partial charge is 0.481 e. The molecule has 218 valence electrons. The Hall–Kier alpha value is -2.03. The molecule has 15 heteroatoms. The van der Waals surface area contributed by atoms with Crippen LogP contribution in [0.5, 0.6) is 0 Å². The smallest absolute Gasteiger partial charge is 0.404 e. The summed E-state index contributed by atoms with van der Waals surface area (Å²) < 4.78 is 91.6. The molecule has 0 aromatic heterocycles. The number of likely N-dealkylation sites (tertiary alicyclic amines) is 2. The fraction of sp³-hybridized carbons (Fsp3) is 0.875. The fourth-order valence-corrected chi connectivity index (χ4v) is 7.57. The van der Waals surface area contributed by atoms with Crippen molar-refractivity contribution in [2.24, 2.45) is 17.3 Å². The second-order valence-corrected chi connectivity index (χ2v) is 12.3. The highest BCUT2D eigenvalue weighted by atomic mass is 19.4. The summed E-state index contributed by atoms with van der Waals surface area (Å²) in [5.41, 5.74) is -0.452. The third-order valence-corrected chi connectivity index (χ3v) is 9.85. The molecule has 6 aliphatic rings. The lowest BCUT2D eigenvalue weighted by atomic mass is 9.43. The Labute approximate surface area is 222 Å². The Bertz CT molecular complexity index is 1040. The number of alkyl halides is 6. The molecule has 3 amide bonds. The van der Waals surface area contributed by atoms with Crippen molar-refractivity contribution in [2.75, 3.05) is 26.2 Å². The molecule has 3 saturated carbocycles. The van der Waals surface area contributed by atoms with Crippen molar-refractivity contribution in [3.8, 4) is 0 Å². The number of nitrogens with zero attached hydrogens (tertiary/aromatic N) is 3. The maximum absolute atomic E-state index is 13.4. The quantitative estimate of drug-likeness (QED) is 0.386. The van der Waals surface area contributed by atoms with Gasteiger partial charge in [-0.2, -0.15) is 26.3 Å². The zero-order valence-electron chi connectivity index (χ0n) is 22.0. The predicted octanol–water partition coefficient (Wildman–Crippen LogP) is 2.80. The molecule has 0 N–H and O–H groups in total. The van der Waals surface area contributed by atoms with Crippen molar-refractivity contribution in [3.05, 3.63) is 0 Å². The highest BCUT2D eigenvalue weighted by molar-refractivity contribution is 6.48. The minimum absolute atomic E-state index is 0.0931. The number of carbonyl (C=O) groups is 3. The van der Waals surface area contributed by atoms with Gasteiger partial charge in [0.25, 0.3) is 0 Å². The first-order chi connectivity index (χ1) is 17.9. The molecule has 39 heavy (non-hydrogen) atoms. The zero-order valence-corrected chi connectivity index (χ0v) is 22.0. The summed E-state index contributed by atoms with van der Waals surface area (Å²) in [5.74, 6) is -5.08. The second kappa shape index (κ2) is 9.25. The van der Waals surface area contributed by atoms with Crippen molar-refractivity contribution in [1.29, 1.82) is 0 Å². The number of hydrogen-bond acceptors (Lipinski definition) is 5. The Morgan fingerprint density at radius 1 is 1.00 bits per heavy atom. The van der Waals surface area contributed by atoms with E-state index in [4.69, 9.17) is 9.31 Å². The highest BCUT2D eigenvalue weighted by Crippen LogP contribution is 2.66. The van der Waals surface area contributed by atoms with E-state index in [-0.39, 0.29) is 35.3 Å². The number of hydrogen-bond donors (Lipinski definition) is 0. The van der Waals surface area contributed by atoms with Crippen LogP contribution in [-0.4, -0.2) is 102 Å². The normalized spacial score (nSPS) is 35.6. The van der Waals surface area contributed by atoms with Crippen LogP contribution < -0.4 is 0 Å². The molecule has 3 aliphatic heterocycles. The van der Waals surface area contributed by atoms with Crippen LogP contribution in [0.2, 0.25) is 0 Å². The van der Waals surface area contributed by atoms with Crippen LogP contribution in [0.15, 0.2) is 0 Å². The molecule has 0 spiro atoms. The molecular formula is C24H32BF6N3O5. The van der Waals surface area contributed by atoms with Crippen LogP contribution in [0.4, 0.5) is 26.3 Å². The van der Waals surface area contributed by atoms with Crippen molar-refractivity contribution >= 4 is 24.8 Å². The Morgan fingerprint density at radius 3 is 2.31 bits per heavy atom. The summed E-state index contributed by atoms with van der Waals surface area (Å²) in [4.78, 5) is 39.2. The van der Waals surface area contributed by atoms with Gasteiger partial charge in [-0.25, -0.2) is 0 Å². The minimum atomic E-state index is -5.35. The maximum atomic E-state index is 13.4. The first-order valence-corrected chi connectivity index (χ1v) is 13.3. The van der Waals surface area contributed by atoms with Crippen LogP contribution >= 0.6 is 0 Å². The van der Waals surface area contributed by atoms with E-state index in [1.54, 1.807) is 0 Å². The van der Waals surface area contributed by atoms with Crippen LogP contribution in [0.25, 0.3) is 0 Å². The molecule has 0 aromatic carbocycles. The van der Waals surface area contributed by atoms with E-state index in [1.807, 2.05) is 6.92 Å². The molecule has 6 fully saturated rings. The third-order valence-electron chi connectivity index (χ3n) is 9.85. The molecule has 3 heterocycles. The van der Waals surface area contributed by atoms with Crippen molar-refractivity contribution in [3.63, 3.8) is 0 Å². The molecular weight excluding hydrogens is 535 g/mol. The van der Waals surface area contributed by atoms with Crippen molar-refractivity contribution in [2.45, 2.75) is 88.9 Å². The summed E-state index contributed by atoms with van der Waals surface area (Å²) in [5, 5.41) is 0. The van der Waals surface area contributed by atoms with E-state index < -0.39 is 74.4 Å². The molecule has 0 aromatic rings. The average molecular weight is 567 g/mol. The average Bonchev–Trinajstić information content (AvgIpc) is 3.57. The Kier molecular flexibility index (Phi) is 6.76. The standard InChI is InChI=1S/C24H32BF6N3O5/c1-21(2)13-9-15(21)22(3)16(10-13)38-25(39-22)17-5-4-7-33(17)18(35)12-34(20(37)24(29,30)31)14-6-8-32(11-14)19(36)23(26,27)28/h13-17H,4-12H2,1-3H3/t13-,14+,15-,16+,17?,22-/m0/s1. The number of halogens is 6. The molecule has 0 radical (unpaired) electrons. The van der Waals surface area contributed by atoms with Gasteiger partial charge in [-0.15, -0.1) is 0 Å². The molecule has 2 bridgehead atoms. The first kappa shape index (κ1) is 28.5. The molecule has 8 nitrogen and oxygen atoms in total. The van der Waals surface area contributed by atoms with E-state index in [1.165, 1.54) is 4.90 Å². The highest BCUT2D eigenvalue weighted by Gasteiger charge is 2.69. The second-order valence-electron chi connectivity index (χ2n) is 12.3. The predicted molar refractivity (Wildman–Crippen MR) is 124 cm³/mol. The molecule has 6 atom stereocenters. The van der Waals surface area contributed by atoms with E-state index in [9.17, 15) is 40.7 Å². The first-order valence-electron chi connectivity index (χ1n) is 13.3. The number of carbonyl (C=O) groups excluding carboxylic acids is 3. The molecule has 6 rings (SSSR count). The maximum Gasteiger partial charge on any atom is 0.481 e. The summed E-state index contributed by atoms with van der Waals surface area (Å²) >= 11 is 0. The van der Waals surface area contributed by atoms with Gasteiger partial charge in [0.15, 0.2) is 0 Å². The molecule has 1 unspecified atom stereocenters. The minimum Gasteiger partial charge on any atom is -0.404 e. The number of amides is 3. The molecule has 3 aliphatic carbocycles. The molecule has 3 saturated heterocycles. The SMILES string of the molecule is CC1(C)[C@@H]2C[C@H]3OB(C4CCCN4C(=O)CN(C(=O)C(F)(F)F)[C@@H]4CCN(C(=O)C(F)(F)F)C4)O[C@@]3(C)[C@H]1C2. The topological polar surface area (TPSA) is 79.4 Å². The van der Waals surface area contributed by atoms with Crippen molar-refractivity contribution < 1.29 is 50.0 Å². The van der Waals surface area contributed by atoms with Gasteiger partial charge >= 0.3 is 31.3 Å². The third kappa shape index (κ3) is 4.70. The van der Waals surface area contributed by atoms with Gasteiger partial charge in [-0.1, -0.05) is 13.8 Å². The fourth-order valence-electron chi connectivity index (χ4n) is 7.57. The Morgan fingerprint density at radius 2 is 1.69 bits per heavy atom. The lowest BCUT2D eigenvalue weighted by Crippen LogP contribution is -2.65. The summed E-state index contributed by atoms with van der Waals surface area (Å²) in [6.07, 6.45) is -8.11. The van der Waals surface area contributed by atoms with Gasteiger partial charge in [-0.3, -0.25) is 14.4 Å². The Balaban J connectivity index is 1.29. The van der Waals surface area contributed by atoms with Gasteiger partial charge in [0, 0.05) is 19.6 Å². The van der Waals surface area contributed by atoms with E-state index >= 15 is 0 Å². The van der Waals surface area contributed by atoms with Crippen LogP contribution in [0.1, 0.15) is 52.9 Å². The number of rotatable bonds is 4. The summed E-state index contributed by atoms with van der Waals surface area (Å²) in [6.45, 7) is 4.44. The van der Waals surface area contributed by atoms with E-state index in [2.05, 4.69) is 13.8 Å². The zero-order chi connectivity index (χ0) is 28.7. The van der Waals surface area contributed by atoms with Crippen molar-refractivity contribution in [1.82, 2.24) is 14.7 Å². The lowest BCUT2D eigenvalue weighted by molar-refractivity contribution is -0.199. The van der Waals surface area contributed by atoms with Gasteiger partial charge in [-0.05, 0) is 56.3 Å². The van der Waals surface area contributed by atoms with Gasteiger partial charge in [0.1, 0.15) is 6.54 Å². The van der Waals surface area contributed by atoms with Crippen LogP contribution in [0, 0.1) is 17.3 Å². The summed E-state index contributed by atoms with van der Waals surface area (Å²) in [6, 6.07) is -1.38. The van der Waals surface area contributed by atoms with Gasteiger partial charge in [0.05, 0.1) is 23.7 Å².